The molecule has 1 N–H and O–H groups in total. The summed E-state index contributed by atoms with van der Waals surface area (Å²) in [6.07, 6.45) is 0.930. The largest absolute Gasteiger partial charge is 0.321 e. The Morgan fingerprint density at radius 1 is 0.960 bits per heavy atom. The fourth-order valence-electron chi connectivity index (χ4n) is 2.32. The van der Waals surface area contributed by atoms with Gasteiger partial charge < -0.3 is 5.32 Å². The highest BCUT2D eigenvalue weighted by Crippen LogP contribution is 2.28. The Hall–Kier alpha value is -2.44. The van der Waals surface area contributed by atoms with Crippen LogP contribution >= 0.6 is 11.3 Å². The van der Waals surface area contributed by atoms with Gasteiger partial charge in [-0.2, -0.15) is 0 Å². The molecule has 0 bridgehead atoms. The minimum atomic E-state index is -3.60. The topological polar surface area (TPSA) is 63.2 Å². The molecule has 0 saturated heterocycles. The van der Waals surface area contributed by atoms with E-state index in [2.05, 4.69) is 12.2 Å². The van der Waals surface area contributed by atoms with Crippen LogP contribution in [-0.2, 0) is 16.3 Å². The van der Waals surface area contributed by atoms with Gasteiger partial charge in [-0.1, -0.05) is 37.3 Å². The van der Waals surface area contributed by atoms with Crippen molar-refractivity contribution in [3.8, 4) is 0 Å². The predicted molar refractivity (Wildman–Crippen MR) is 100.0 cm³/mol. The van der Waals surface area contributed by atoms with Gasteiger partial charge in [-0.05, 0) is 48.4 Å². The van der Waals surface area contributed by atoms with Crippen molar-refractivity contribution >= 4 is 32.8 Å². The lowest BCUT2D eigenvalue weighted by Crippen LogP contribution is -2.10. The third-order valence-electron chi connectivity index (χ3n) is 3.74. The zero-order valence-electron chi connectivity index (χ0n) is 13.6. The van der Waals surface area contributed by atoms with E-state index in [0.29, 0.717) is 10.6 Å². The van der Waals surface area contributed by atoms with Crippen LogP contribution in [0.5, 0.6) is 0 Å². The molecule has 0 aliphatic heterocycles. The molecular formula is C19H17NO3S2. The Bertz CT molecular complexity index is 975. The average molecular weight is 371 g/mol. The molecule has 4 nitrogen and oxygen atoms in total. The average Bonchev–Trinajstić information content (AvgIpc) is 3.14. The molecule has 3 rings (SSSR count). The molecule has 1 heterocycles. The lowest BCUT2D eigenvalue weighted by molar-refractivity contribution is 0.103. The van der Waals surface area contributed by atoms with E-state index in [4.69, 9.17) is 0 Å². The van der Waals surface area contributed by atoms with Gasteiger partial charge in [0.15, 0.2) is 0 Å². The molecule has 0 radical (unpaired) electrons. The third kappa shape index (κ3) is 3.81. The summed E-state index contributed by atoms with van der Waals surface area (Å²) in [5.74, 6) is -0.316. The SMILES string of the molecule is CCc1ccc(NC(=O)c2ccc(S(=O)(=O)c3ccccc3)s2)cc1. The van der Waals surface area contributed by atoms with Crippen molar-refractivity contribution in [3.63, 3.8) is 0 Å². The minimum Gasteiger partial charge on any atom is -0.321 e. The fraction of sp³-hybridized carbons (Fsp3) is 0.105. The molecule has 128 valence electrons. The summed E-state index contributed by atoms with van der Waals surface area (Å²) >= 11 is 0.970. The van der Waals surface area contributed by atoms with E-state index in [1.54, 1.807) is 30.3 Å². The number of nitrogens with one attached hydrogen (secondary N) is 1. The van der Waals surface area contributed by atoms with Crippen LogP contribution in [0.3, 0.4) is 0 Å². The normalized spacial score (nSPS) is 11.2. The number of thiophene rings is 1. The number of benzene rings is 2. The Morgan fingerprint density at radius 2 is 1.64 bits per heavy atom. The van der Waals surface area contributed by atoms with Crippen LogP contribution in [0.1, 0.15) is 22.2 Å². The molecule has 0 aliphatic carbocycles. The first kappa shape index (κ1) is 17.4. The zero-order chi connectivity index (χ0) is 17.9. The summed E-state index contributed by atoms with van der Waals surface area (Å²) < 4.78 is 25.3. The Labute approximate surface area is 151 Å². The molecule has 25 heavy (non-hydrogen) atoms. The first-order valence-corrected chi connectivity index (χ1v) is 10.1. The Morgan fingerprint density at radius 3 is 2.28 bits per heavy atom. The summed E-state index contributed by atoms with van der Waals surface area (Å²) in [4.78, 5) is 12.9. The van der Waals surface area contributed by atoms with Gasteiger partial charge >= 0.3 is 0 Å². The quantitative estimate of drug-likeness (QED) is 0.723. The van der Waals surface area contributed by atoms with E-state index < -0.39 is 9.84 Å². The first-order valence-electron chi connectivity index (χ1n) is 7.81. The van der Waals surface area contributed by atoms with Gasteiger partial charge in [0.1, 0.15) is 4.21 Å². The monoisotopic (exact) mass is 371 g/mol. The van der Waals surface area contributed by atoms with Gasteiger partial charge in [-0.15, -0.1) is 11.3 Å². The number of amides is 1. The lowest BCUT2D eigenvalue weighted by Gasteiger charge is -2.04. The molecule has 0 spiro atoms. The number of carbonyl (C=O) groups is 1. The van der Waals surface area contributed by atoms with E-state index in [1.165, 1.54) is 17.7 Å². The van der Waals surface area contributed by atoms with Crippen molar-refractivity contribution in [2.45, 2.75) is 22.4 Å². The van der Waals surface area contributed by atoms with E-state index in [9.17, 15) is 13.2 Å². The fourth-order valence-corrected chi connectivity index (χ4v) is 4.94. The van der Waals surface area contributed by atoms with Crippen molar-refractivity contribution in [2.75, 3.05) is 5.32 Å². The molecule has 2 aromatic carbocycles. The highest BCUT2D eigenvalue weighted by Gasteiger charge is 2.21. The van der Waals surface area contributed by atoms with Gasteiger partial charge in [0.2, 0.25) is 9.84 Å². The molecule has 0 atom stereocenters. The second kappa shape index (κ2) is 7.21. The molecule has 0 fully saturated rings. The second-order valence-electron chi connectivity index (χ2n) is 5.44. The summed E-state index contributed by atoms with van der Waals surface area (Å²) in [5.41, 5.74) is 1.87. The molecule has 3 aromatic rings. The maximum absolute atomic E-state index is 12.6. The standard InChI is InChI=1S/C19H17NO3S2/c1-2-14-8-10-15(11-9-14)20-19(21)17-12-13-18(24-17)25(22,23)16-6-4-3-5-7-16/h3-13H,2H2,1H3,(H,20,21). The van der Waals surface area contributed by atoms with Crippen molar-refractivity contribution < 1.29 is 13.2 Å². The van der Waals surface area contributed by atoms with Crippen molar-refractivity contribution in [2.24, 2.45) is 0 Å². The molecule has 0 unspecified atom stereocenters. The summed E-state index contributed by atoms with van der Waals surface area (Å²) in [5, 5.41) is 2.79. The summed E-state index contributed by atoms with van der Waals surface area (Å²) in [6, 6.07) is 18.8. The van der Waals surface area contributed by atoms with E-state index in [1.807, 2.05) is 24.3 Å². The van der Waals surface area contributed by atoms with Gasteiger partial charge in [0, 0.05) is 5.69 Å². The van der Waals surface area contributed by atoms with Crippen molar-refractivity contribution in [3.05, 3.63) is 77.2 Å². The van der Waals surface area contributed by atoms with Gasteiger partial charge in [-0.25, -0.2) is 8.42 Å². The van der Waals surface area contributed by atoms with Crippen LogP contribution in [0.4, 0.5) is 5.69 Å². The Balaban J connectivity index is 1.79. The van der Waals surface area contributed by atoms with Crippen LogP contribution < -0.4 is 5.32 Å². The second-order valence-corrected chi connectivity index (χ2v) is 8.70. The molecule has 6 heteroatoms. The minimum absolute atomic E-state index is 0.158. The van der Waals surface area contributed by atoms with Crippen molar-refractivity contribution in [1.29, 1.82) is 0 Å². The van der Waals surface area contributed by atoms with Gasteiger partial charge in [0.25, 0.3) is 5.91 Å². The summed E-state index contributed by atoms with van der Waals surface area (Å²) in [7, 11) is -3.60. The molecule has 0 saturated carbocycles. The van der Waals surface area contributed by atoms with Crippen LogP contribution in [0.2, 0.25) is 0 Å². The number of anilines is 1. The van der Waals surface area contributed by atoms with E-state index in [-0.39, 0.29) is 15.0 Å². The zero-order valence-corrected chi connectivity index (χ0v) is 15.2. The number of aryl methyl sites for hydroxylation is 1. The van der Waals surface area contributed by atoms with Crippen LogP contribution in [0.15, 0.2) is 75.8 Å². The number of carbonyl (C=O) groups excluding carboxylic acids is 1. The highest BCUT2D eigenvalue weighted by molar-refractivity contribution is 7.93. The molecular weight excluding hydrogens is 354 g/mol. The van der Waals surface area contributed by atoms with Crippen LogP contribution in [0.25, 0.3) is 0 Å². The molecule has 1 aromatic heterocycles. The summed E-state index contributed by atoms with van der Waals surface area (Å²) in [6.45, 7) is 2.06. The van der Waals surface area contributed by atoms with E-state index in [0.717, 1.165) is 17.8 Å². The molecule has 0 aliphatic rings. The first-order chi connectivity index (χ1) is 12.0. The number of sulfone groups is 1. The van der Waals surface area contributed by atoms with Gasteiger partial charge in [-0.3, -0.25) is 4.79 Å². The maximum atomic E-state index is 12.6. The molecule has 1 amide bonds. The highest BCUT2D eigenvalue weighted by atomic mass is 32.2. The third-order valence-corrected chi connectivity index (χ3v) is 7.09. The Kier molecular flexibility index (Phi) is 5.01. The van der Waals surface area contributed by atoms with Gasteiger partial charge in [0.05, 0.1) is 9.77 Å². The maximum Gasteiger partial charge on any atom is 0.265 e. The number of rotatable bonds is 5. The number of hydrogen-bond acceptors (Lipinski definition) is 4. The van der Waals surface area contributed by atoms with Crippen LogP contribution in [0, 0.1) is 0 Å². The smallest absolute Gasteiger partial charge is 0.265 e. The van der Waals surface area contributed by atoms with Crippen LogP contribution in [-0.4, -0.2) is 14.3 Å². The lowest BCUT2D eigenvalue weighted by atomic mass is 10.1. The predicted octanol–water partition coefficient (Wildman–Crippen LogP) is 4.40. The van der Waals surface area contributed by atoms with Crippen molar-refractivity contribution in [1.82, 2.24) is 0 Å². The van der Waals surface area contributed by atoms with E-state index >= 15 is 0 Å². The number of hydrogen-bond donors (Lipinski definition) is 1.